The van der Waals surface area contributed by atoms with Crippen LogP contribution >= 0.6 is 0 Å². The summed E-state index contributed by atoms with van der Waals surface area (Å²) in [5, 5.41) is 10.3. The summed E-state index contributed by atoms with van der Waals surface area (Å²) < 4.78 is 4.54. The Morgan fingerprint density at radius 1 is 0.759 bits per heavy atom. The first-order valence-electron chi connectivity index (χ1n) is 11.2. The van der Waals surface area contributed by atoms with Crippen LogP contribution in [-0.2, 0) is 19.1 Å². The van der Waals surface area contributed by atoms with Gasteiger partial charge in [0.25, 0.3) is 0 Å². The van der Waals surface area contributed by atoms with Crippen molar-refractivity contribution in [2.75, 3.05) is 0 Å². The van der Waals surface area contributed by atoms with E-state index in [9.17, 15) is 19.5 Å². The molecule has 0 aliphatic carbocycles. The number of hydrogen-bond donors (Lipinski definition) is 1. The van der Waals surface area contributed by atoms with Crippen molar-refractivity contribution in [3.05, 3.63) is 0 Å². The maximum absolute atomic E-state index is 11.5. The summed E-state index contributed by atoms with van der Waals surface area (Å²) in [5.41, 5.74) is 5.30. The van der Waals surface area contributed by atoms with Gasteiger partial charge >= 0.3 is 41.5 Å². The number of unbranched alkanes of at least 4 members (excludes halogenated alkanes) is 14. The molecule has 0 saturated heterocycles. The molecule has 164 valence electrons. The molecule has 0 spiro atoms. The molecule has 0 saturated carbocycles. The second kappa shape index (κ2) is 22.3. The van der Waals surface area contributed by atoms with Gasteiger partial charge in [0.1, 0.15) is 6.04 Å². The van der Waals surface area contributed by atoms with Crippen LogP contribution in [0, 0.1) is 0 Å². The van der Waals surface area contributed by atoms with Gasteiger partial charge in [-0.15, -0.1) is 0 Å². The van der Waals surface area contributed by atoms with Crippen molar-refractivity contribution in [1.29, 1.82) is 0 Å². The van der Waals surface area contributed by atoms with Gasteiger partial charge in [-0.25, -0.2) is 4.79 Å². The largest absolute Gasteiger partial charge is 1.00 e. The summed E-state index contributed by atoms with van der Waals surface area (Å²) in [4.78, 5) is 33.3. The van der Waals surface area contributed by atoms with Gasteiger partial charge in [-0.1, -0.05) is 96.8 Å². The molecule has 0 rings (SSSR count). The van der Waals surface area contributed by atoms with E-state index in [1.807, 2.05) is 0 Å². The molecule has 0 aromatic rings. The van der Waals surface area contributed by atoms with Crippen LogP contribution in [0.2, 0.25) is 0 Å². The molecule has 0 radical (unpaired) electrons. The molecule has 7 heteroatoms. The molecule has 0 aromatic carbocycles. The number of aliphatic carboxylic acids is 1. The average Bonchev–Trinajstić information content (AvgIpc) is 2.64. The van der Waals surface area contributed by atoms with Gasteiger partial charge in [0, 0.05) is 18.8 Å². The van der Waals surface area contributed by atoms with Crippen molar-refractivity contribution >= 4 is 17.9 Å². The fourth-order valence-electron chi connectivity index (χ4n) is 3.14. The van der Waals surface area contributed by atoms with Gasteiger partial charge < -0.3 is 20.4 Å². The molecule has 0 aliphatic rings. The maximum Gasteiger partial charge on any atom is 1.00 e. The minimum atomic E-state index is -1.45. The number of carboxylic acids is 1. The molecule has 1 atom stereocenters. The van der Waals surface area contributed by atoms with Crippen molar-refractivity contribution in [1.82, 2.24) is 0 Å². The average molecular weight is 422 g/mol. The Morgan fingerprint density at radius 2 is 1.14 bits per heavy atom. The van der Waals surface area contributed by atoms with Crippen LogP contribution in [0.4, 0.5) is 0 Å². The number of carboxylic acid groups (broad SMARTS) is 1. The minimum Gasteiger partial charge on any atom is -0.550 e. The van der Waals surface area contributed by atoms with Crippen molar-refractivity contribution in [3.8, 4) is 0 Å². The van der Waals surface area contributed by atoms with Gasteiger partial charge in [0.05, 0.1) is 0 Å². The Labute approximate surface area is 199 Å². The normalized spacial score (nSPS) is 11.5. The van der Waals surface area contributed by atoms with Gasteiger partial charge in [-0.2, -0.15) is 0 Å². The second-order valence-electron chi connectivity index (χ2n) is 7.68. The van der Waals surface area contributed by atoms with E-state index in [-0.39, 0.29) is 36.0 Å². The summed E-state index contributed by atoms with van der Waals surface area (Å²) in [6.07, 6.45) is 18.1. The third kappa shape index (κ3) is 22.1. The van der Waals surface area contributed by atoms with Crippen LogP contribution in [0.25, 0.3) is 0 Å². The zero-order valence-electron chi connectivity index (χ0n) is 18.7. The Morgan fingerprint density at radius 3 is 1.52 bits per heavy atom. The topological polar surface area (TPSA) is 110 Å². The van der Waals surface area contributed by atoms with Crippen molar-refractivity contribution in [2.45, 2.75) is 122 Å². The van der Waals surface area contributed by atoms with Gasteiger partial charge in [-0.05, 0) is 6.42 Å². The third-order valence-corrected chi connectivity index (χ3v) is 4.89. The smallest absolute Gasteiger partial charge is 0.550 e. The number of carbonyl (C=O) groups is 3. The number of ether oxygens (including phenoxy) is 1. The van der Waals surface area contributed by atoms with Gasteiger partial charge in [0.15, 0.2) is 0 Å². The van der Waals surface area contributed by atoms with E-state index in [2.05, 4.69) is 11.7 Å². The standard InChI is InChI=1S/C22H41NO5.Na/c1-2-3-4-5-6-7-8-9-10-11-12-13-14-15-16-17-21(26)28-22(27)19(23)18-20(24)25;/h19H,2-18,23H2,1H3,(H,24,25);/q;+1/p-1. The van der Waals surface area contributed by atoms with Crippen molar-refractivity contribution in [2.24, 2.45) is 5.73 Å². The zero-order chi connectivity index (χ0) is 21.0. The van der Waals surface area contributed by atoms with Crippen LogP contribution in [-0.4, -0.2) is 23.9 Å². The summed E-state index contributed by atoms with van der Waals surface area (Å²) in [6, 6.07) is -1.35. The van der Waals surface area contributed by atoms with Crippen LogP contribution in [0.15, 0.2) is 0 Å². The third-order valence-electron chi connectivity index (χ3n) is 4.89. The SMILES string of the molecule is CCCCCCCCCCCCCCCCCC(=O)OC(=O)C(N)CC(=O)[O-].[Na+]. The number of hydrogen-bond acceptors (Lipinski definition) is 6. The number of rotatable bonds is 19. The van der Waals surface area contributed by atoms with Crippen LogP contribution in [0.5, 0.6) is 0 Å². The first kappa shape index (κ1) is 30.8. The quantitative estimate of drug-likeness (QED) is 0.143. The fraction of sp³-hybridized carbons (Fsp3) is 0.864. The Bertz CT molecular complexity index is 431. The monoisotopic (exact) mass is 421 g/mol. The summed E-state index contributed by atoms with van der Waals surface area (Å²) in [6.45, 7) is 2.25. The van der Waals surface area contributed by atoms with E-state index in [0.717, 1.165) is 12.8 Å². The van der Waals surface area contributed by atoms with Gasteiger partial charge in [-0.3, -0.25) is 4.79 Å². The van der Waals surface area contributed by atoms with E-state index in [1.165, 1.54) is 77.0 Å². The Kier molecular flexibility index (Phi) is 23.6. The fourth-order valence-corrected chi connectivity index (χ4v) is 3.14. The molecule has 1 unspecified atom stereocenters. The van der Waals surface area contributed by atoms with E-state index in [1.54, 1.807) is 0 Å². The second-order valence-corrected chi connectivity index (χ2v) is 7.68. The maximum atomic E-state index is 11.5. The first-order valence-corrected chi connectivity index (χ1v) is 11.2. The molecule has 2 N–H and O–H groups in total. The van der Waals surface area contributed by atoms with Crippen molar-refractivity contribution < 1.29 is 53.8 Å². The number of carbonyl (C=O) groups excluding carboxylic acids is 3. The van der Waals surface area contributed by atoms with Crippen LogP contribution in [0.3, 0.4) is 0 Å². The predicted octanol–water partition coefficient (Wildman–Crippen LogP) is 0.789. The zero-order valence-corrected chi connectivity index (χ0v) is 20.7. The molecule has 0 aromatic heterocycles. The summed E-state index contributed by atoms with van der Waals surface area (Å²) in [5.74, 6) is -3.09. The molecule has 0 heterocycles. The van der Waals surface area contributed by atoms with Crippen molar-refractivity contribution in [3.63, 3.8) is 0 Å². The Hall–Kier alpha value is -0.430. The molecule has 29 heavy (non-hydrogen) atoms. The molecule has 0 fully saturated rings. The molecular formula is C22H40NNaO5. The van der Waals surface area contributed by atoms with Crippen LogP contribution < -0.4 is 40.4 Å². The van der Waals surface area contributed by atoms with Crippen LogP contribution in [0.1, 0.15) is 116 Å². The molecule has 0 amide bonds. The first-order chi connectivity index (χ1) is 13.5. The van der Waals surface area contributed by atoms with Gasteiger partial charge in [0.2, 0.25) is 0 Å². The molecule has 6 nitrogen and oxygen atoms in total. The van der Waals surface area contributed by atoms with E-state index in [0.29, 0.717) is 6.42 Å². The van der Waals surface area contributed by atoms with E-state index >= 15 is 0 Å². The predicted molar refractivity (Wildman–Crippen MR) is 108 cm³/mol. The van der Waals surface area contributed by atoms with E-state index < -0.39 is 30.4 Å². The summed E-state index contributed by atoms with van der Waals surface area (Å²) in [7, 11) is 0. The minimum absolute atomic E-state index is 0. The number of nitrogens with two attached hydrogens (primary N) is 1. The number of esters is 2. The molecule has 0 bridgehead atoms. The molecular weight excluding hydrogens is 381 g/mol. The summed E-state index contributed by atoms with van der Waals surface area (Å²) >= 11 is 0. The molecule has 0 aliphatic heterocycles. The Balaban J connectivity index is 0. The van der Waals surface area contributed by atoms with E-state index in [4.69, 9.17) is 5.73 Å².